The van der Waals surface area contributed by atoms with E-state index in [0.29, 0.717) is 14.9 Å². The second-order valence-corrected chi connectivity index (χ2v) is 10.4. The fraction of sp³-hybridized carbons (Fsp3) is 0.500. The number of halogens is 1. The van der Waals surface area contributed by atoms with E-state index in [1.807, 2.05) is 26.0 Å². The lowest BCUT2D eigenvalue weighted by Gasteiger charge is -2.27. The van der Waals surface area contributed by atoms with Crippen LogP contribution in [0.4, 0.5) is 4.79 Å². The first-order chi connectivity index (χ1) is 12.4. The lowest BCUT2D eigenvalue weighted by molar-refractivity contribution is 0.0509. The van der Waals surface area contributed by atoms with E-state index < -0.39 is 17.2 Å². The Morgan fingerprint density at radius 1 is 1.19 bits per heavy atom. The van der Waals surface area contributed by atoms with Gasteiger partial charge in [-0.25, -0.2) is 9.78 Å². The normalized spacial score (nSPS) is 12.0. The van der Waals surface area contributed by atoms with Crippen LogP contribution in [-0.2, 0) is 4.74 Å². The number of nitrogens with zero attached hydrogens (tertiary/aromatic N) is 1. The van der Waals surface area contributed by atoms with Crippen molar-refractivity contribution in [3.05, 3.63) is 27.0 Å². The Morgan fingerprint density at radius 2 is 1.85 bits per heavy atom. The number of ether oxygens (including phenoxy) is 1. The first-order valence-electron chi connectivity index (χ1n) is 8.39. The van der Waals surface area contributed by atoms with Gasteiger partial charge >= 0.3 is 6.09 Å². The minimum absolute atomic E-state index is 0.227. The monoisotopic (exact) mass is 429 g/mol. The summed E-state index contributed by atoms with van der Waals surface area (Å²) in [5.41, 5.74) is -0.567. The first-order valence-corrected chi connectivity index (χ1v) is 10.4. The maximum absolute atomic E-state index is 12.7. The molecule has 0 saturated heterocycles. The van der Waals surface area contributed by atoms with E-state index in [2.05, 4.69) is 15.6 Å². The Kier molecular flexibility index (Phi) is 6.55. The molecule has 2 rings (SSSR count). The van der Waals surface area contributed by atoms with Crippen molar-refractivity contribution in [1.82, 2.24) is 15.6 Å². The quantitative estimate of drug-likeness (QED) is 0.710. The highest BCUT2D eigenvalue weighted by atomic mass is 35.5. The molecule has 0 radical (unpaired) electrons. The number of hydrogen-bond donors (Lipinski definition) is 2. The van der Waals surface area contributed by atoms with Gasteiger partial charge in [0.2, 0.25) is 0 Å². The van der Waals surface area contributed by atoms with Crippen LogP contribution in [0.15, 0.2) is 12.1 Å². The maximum Gasteiger partial charge on any atom is 0.407 e. The van der Waals surface area contributed by atoms with Crippen LogP contribution < -0.4 is 10.6 Å². The van der Waals surface area contributed by atoms with Gasteiger partial charge in [0, 0.05) is 6.54 Å². The van der Waals surface area contributed by atoms with Gasteiger partial charge in [0.1, 0.15) is 15.5 Å². The number of carbonyl (C=O) groups is 2. The van der Waals surface area contributed by atoms with E-state index in [0.717, 1.165) is 9.88 Å². The number of alkyl carbamates (subject to hydrolysis) is 1. The molecule has 0 saturated carbocycles. The average Bonchev–Trinajstić information content (AvgIpc) is 3.09. The van der Waals surface area contributed by atoms with Crippen LogP contribution in [0.25, 0.3) is 9.88 Å². The highest BCUT2D eigenvalue weighted by Crippen LogP contribution is 2.35. The van der Waals surface area contributed by atoms with Gasteiger partial charge in [-0.3, -0.25) is 4.79 Å². The molecule has 2 aromatic heterocycles. The molecule has 0 atom stereocenters. The third kappa shape index (κ3) is 6.48. The Morgan fingerprint density at radius 3 is 2.41 bits per heavy atom. The highest BCUT2D eigenvalue weighted by Gasteiger charge is 2.26. The van der Waals surface area contributed by atoms with Crippen molar-refractivity contribution >= 4 is 46.3 Å². The zero-order valence-electron chi connectivity index (χ0n) is 16.2. The second kappa shape index (κ2) is 8.16. The van der Waals surface area contributed by atoms with Gasteiger partial charge in [-0.05, 0) is 53.7 Å². The molecule has 148 valence electrons. The van der Waals surface area contributed by atoms with Gasteiger partial charge in [0.25, 0.3) is 5.91 Å². The Balaban J connectivity index is 2.01. The maximum atomic E-state index is 12.7. The van der Waals surface area contributed by atoms with Gasteiger partial charge in [-0.2, -0.15) is 0 Å². The average molecular weight is 430 g/mol. The second-order valence-electron chi connectivity index (χ2n) is 7.73. The third-order valence-electron chi connectivity index (χ3n) is 3.31. The summed E-state index contributed by atoms with van der Waals surface area (Å²) >= 11 is 8.73. The molecule has 0 aromatic carbocycles. The third-order valence-corrected chi connectivity index (χ3v) is 5.87. The smallest absolute Gasteiger partial charge is 0.407 e. The van der Waals surface area contributed by atoms with E-state index in [1.165, 1.54) is 22.7 Å². The van der Waals surface area contributed by atoms with Gasteiger partial charge in [-0.1, -0.05) is 11.6 Å². The summed E-state index contributed by atoms with van der Waals surface area (Å²) < 4.78 is 5.89. The van der Waals surface area contributed by atoms with E-state index in [-0.39, 0.29) is 12.5 Å². The molecule has 6 nitrogen and oxygen atoms in total. The minimum Gasteiger partial charge on any atom is -0.444 e. The zero-order valence-corrected chi connectivity index (χ0v) is 18.6. The summed E-state index contributed by atoms with van der Waals surface area (Å²) in [5, 5.41) is 6.39. The predicted octanol–water partition coefficient (Wildman–Crippen LogP) is 4.87. The van der Waals surface area contributed by atoms with Crippen LogP contribution in [0.2, 0.25) is 4.34 Å². The van der Waals surface area contributed by atoms with Crippen molar-refractivity contribution in [3.8, 4) is 9.88 Å². The Labute approximate surface area is 172 Å². The molecule has 27 heavy (non-hydrogen) atoms. The van der Waals surface area contributed by atoms with Gasteiger partial charge < -0.3 is 15.4 Å². The fourth-order valence-electron chi connectivity index (χ4n) is 2.16. The van der Waals surface area contributed by atoms with Crippen LogP contribution in [0.1, 0.15) is 50.0 Å². The van der Waals surface area contributed by atoms with Gasteiger partial charge in [0.15, 0.2) is 0 Å². The molecule has 2 amide bonds. The highest BCUT2D eigenvalue weighted by molar-refractivity contribution is 7.24. The van der Waals surface area contributed by atoms with E-state index >= 15 is 0 Å². The van der Waals surface area contributed by atoms with Gasteiger partial charge in [-0.15, -0.1) is 22.7 Å². The molecule has 0 bridgehead atoms. The molecule has 2 N–H and O–H groups in total. The van der Waals surface area contributed by atoms with E-state index in [4.69, 9.17) is 16.3 Å². The number of amides is 2. The first kappa shape index (κ1) is 21.7. The lowest BCUT2D eigenvalue weighted by atomic mass is 10.1. The summed E-state index contributed by atoms with van der Waals surface area (Å²) in [6.45, 7) is 11.1. The number of rotatable bonds is 5. The number of hydrogen-bond acceptors (Lipinski definition) is 6. The largest absolute Gasteiger partial charge is 0.444 e. The topological polar surface area (TPSA) is 80.3 Å². The molecule has 9 heteroatoms. The van der Waals surface area contributed by atoms with Crippen molar-refractivity contribution in [2.24, 2.45) is 0 Å². The van der Waals surface area contributed by atoms with Crippen LogP contribution in [-0.4, -0.2) is 34.7 Å². The number of thiazole rings is 1. The molecule has 0 spiro atoms. The zero-order chi connectivity index (χ0) is 20.4. The molecule has 0 aliphatic carbocycles. The van der Waals surface area contributed by atoms with Crippen molar-refractivity contribution in [2.75, 3.05) is 6.54 Å². The number of aryl methyl sites for hydroxylation is 1. The molecule has 0 aliphatic heterocycles. The number of aromatic nitrogens is 1. The summed E-state index contributed by atoms with van der Waals surface area (Å²) in [6.07, 6.45) is -0.518. The fourth-order valence-corrected chi connectivity index (χ4v) is 4.22. The van der Waals surface area contributed by atoms with Crippen molar-refractivity contribution < 1.29 is 14.3 Å². The standard InChI is InChI=1S/C18H24ClN3O3S2/c1-10-13(27-15(21-10)11-7-8-12(19)26-11)14(23)22-18(5,6)9-20-16(24)25-17(2,3)4/h7-8H,9H2,1-6H3,(H,20,24)(H,22,23). The number of carbonyl (C=O) groups excluding carboxylic acids is 2. The molecule has 0 unspecified atom stereocenters. The van der Waals surface area contributed by atoms with Gasteiger partial charge in [0.05, 0.1) is 20.4 Å². The molecule has 0 aliphatic rings. The Bertz CT molecular complexity index is 837. The van der Waals surface area contributed by atoms with E-state index in [9.17, 15) is 9.59 Å². The number of nitrogens with one attached hydrogen (secondary N) is 2. The summed E-state index contributed by atoms with van der Waals surface area (Å²) in [6, 6.07) is 3.70. The summed E-state index contributed by atoms with van der Waals surface area (Å²) in [5.74, 6) is -0.227. The Hall–Kier alpha value is -1.64. The molecular weight excluding hydrogens is 406 g/mol. The summed E-state index contributed by atoms with van der Waals surface area (Å²) in [4.78, 5) is 30.5. The van der Waals surface area contributed by atoms with Crippen LogP contribution in [0.3, 0.4) is 0 Å². The minimum atomic E-state index is -0.656. The molecule has 0 fully saturated rings. The summed E-state index contributed by atoms with van der Waals surface area (Å²) in [7, 11) is 0. The predicted molar refractivity (Wildman–Crippen MR) is 111 cm³/mol. The lowest BCUT2D eigenvalue weighted by Crippen LogP contribution is -2.52. The van der Waals surface area contributed by atoms with Crippen LogP contribution >= 0.6 is 34.3 Å². The molecular formula is C18H24ClN3O3S2. The van der Waals surface area contributed by atoms with Crippen molar-refractivity contribution in [2.45, 2.75) is 52.7 Å². The number of thiophene rings is 1. The SMILES string of the molecule is Cc1nc(-c2ccc(Cl)s2)sc1C(=O)NC(C)(C)CNC(=O)OC(C)(C)C. The van der Waals surface area contributed by atoms with Crippen LogP contribution in [0, 0.1) is 6.92 Å². The molecule has 2 aromatic rings. The van der Waals surface area contributed by atoms with Crippen molar-refractivity contribution in [1.29, 1.82) is 0 Å². The van der Waals surface area contributed by atoms with E-state index in [1.54, 1.807) is 27.7 Å². The van der Waals surface area contributed by atoms with Crippen molar-refractivity contribution in [3.63, 3.8) is 0 Å². The van der Waals surface area contributed by atoms with Crippen LogP contribution in [0.5, 0.6) is 0 Å². The molecule has 2 heterocycles.